The van der Waals surface area contributed by atoms with E-state index in [2.05, 4.69) is 60.9 Å². The molecule has 9 rings (SSSR count). The SMILES string of the molecule is C=CCN1CCC23c4c5ccc(OCc6ccccc6)c4OC2C24CCC3(CC2C(CC)OCO4)C1C5. The Kier molecular flexibility index (Phi) is 4.80. The van der Waals surface area contributed by atoms with Gasteiger partial charge in [-0.1, -0.05) is 49.4 Å². The van der Waals surface area contributed by atoms with Crippen molar-refractivity contribution >= 4 is 0 Å². The van der Waals surface area contributed by atoms with E-state index in [0.29, 0.717) is 25.4 Å². The maximum absolute atomic E-state index is 7.23. The molecule has 7 unspecified atom stereocenters. The molecule has 3 spiro atoms. The van der Waals surface area contributed by atoms with Crippen LogP contribution in [0.2, 0.25) is 0 Å². The molecule has 7 atom stereocenters. The Morgan fingerprint density at radius 2 is 2.03 bits per heavy atom. The number of ether oxygens (including phenoxy) is 4. The Morgan fingerprint density at radius 1 is 1.14 bits per heavy atom. The van der Waals surface area contributed by atoms with Crippen LogP contribution in [0.1, 0.15) is 55.7 Å². The average molecular weight is 500 g/mol. The molecule has 7 aliphatic rings. The van der Waals surface area contributed by atoms with Gasteiger partial charge in [-0.15, -0.1) is 6.58 Å². The highest BCUT2D eigenvalue weighted by molar-refractivity contribution is 5.63. The van der Waals surface area contributed by atoms with Crippen molar-refractivity contribution in [1.82, 2.24) is 4.90 Å². The van der Waals surface area contributed by atoms with Gasteiger partial charge in [-0.25, -0.2) is 0 Å². The zero-order chi connectivity index (χ0) is 24.8. The van der Waals surface area contributed by atoms with Crippen LogP contribution in [0, 0.1) is 11.3 Å². The quantitative estimate of drug-likeness (QED) is 0.498. The molecule has 0 radical (unpaired) electrons. The highest BCUT2D eigenvalue weighted by atomic mass is 16.7. The lowest BCUT2D eigenvalue weighted by molar-refractivity contribution is -0.353. The van der Waals surface area contributed by atoms with Gasteiger partial charge in [-0.3, -0.25) is 4.90 Å². The second-order valence-corrected chi connectivity index (χ2v) is 12.2. The van der Waals surface area contributed by atoms with E-state index in [-0.39, 0.29) is 28.6 Å². The van der Waals surface area contributed by atoms with Gasteiger partial charge in [-0.05, 0) is 62.3 Å². The van der Waals surface area contributed by atoms with Gasteiger partial charge in [0.1, 0.15) is 25.1 Å². The molecule has 3 heterocycles. The predicted molar refractivity (Wildman–Crippen MR) is 141 cm³/mol. The van der Waals surface area contributed by atoms with Gasteiger partial charge in [0.15, 0.2) is 11.5 Å². The molecule has 4 aliphatic carbocycles. The summed E-state index contributed by atoms with van der Waals surface area (Å²) in [6, 6.07) is 15.4. The molecule has 5 nitrogen and oxygen atoms in total. The third-order valence-corrected chi connectivity index (χ3v) is 11.2. The first-order valence-electron chi connectivity index (χ1n) is 14.3. The van der Waals surface area contributed by atoms with Crippen molar-refractivity contribution in [2.75, 3.05) is 19.9 Å². The van der Waals surface area contributed by atoms with E-state index < -0.39 is 0 Å². The Hall–Kier alpha value is -2.34. The fourth-order valence-electron chi connectivity index (χ4n) is 9.91. The fraction of sp³-hybridized carbons (Fsp3) is 0.562. The molecule has 0 N–H and O–H groups in total. The van der Waals surface area contributed by atoms with Crippen molar-refractivity contribution in [2.45, 2.75) is 81.3 Å². The predicted octanol–water partition coefficient (Wildman–Crippen LogP) is 5.40. The molecular formula is C32H37NO4. The normalized spacial score (nSPS) is 40.5. The Morgan fingerprint density at radius 3 is 2.86 bits per heavy atom. The molecule has 2 saturated heterocycles. The van der Waals surface area contributed by atoms with E-state index >= 15 is 0 Å². The molecule has 5 fully saturated rings. The van der Waals surface area contributed by atoms with E-state index in [1.165, 1.54) is 23.1 Å². The molecule has 3 saturated carbocycles. The van der Waals surface area contributed by atoms with E-state index in [1.54, 1.807) is 0 Å². The second-order valence-electron chi connectivity index (χ2n) is 12.2. The van der Waals surface area contributed by atoms with Crippen LogP contribution in [0.5, 0.6) is 11.5 Å². The zero-order valence-corrected chi connectivity index (χ0v) is 21.8. The summed E-state index contributed by atoms with van der Waals surface area (Å²) >= 11 is 0. The maximum Gasteiger partial charge on any atom is 0.166 e. The summed E-state index contributed by atoms with van der Waals surface area (Å²) in [6.07, 6.45) is 8.99. The summed E-state index contributed by atoms with van der Waals surface area (Å²) in [5.74, 6) is 2.26. The minimum atomic E-state index is -0.282. The number of rotatable bonds is 6. The number of hydrogen-bond donors (Lipinski definition) is 0. The number of benzene rings is 2. The van der Waals surface area contributed by atoms with Crippen LogP contribution < -0.4 is 9.47 Å². The van der Waals surface area contributed by atoms with Crippen LogP contribution in [0.3, 0.4) is 0 Å². The number of hydrogen-bond acceptors (Lipinski definition) is 5. The highest BCUT2D eigenvalue weighted by Crippen LogP contribution is 2.77. The summed E-state index contributed by atoms with van der Waals surface area (Å²) in [7, 11) is 0. The van der Waals surface area contributed by atoms with Gasteiger partial charge in [0.05, 0.1) is 6.10 Å². The minimum Gasteiger partial charge on any atom is -0.485 e. The Bertz CT molecular complexity index is 1250. The number of nitrogens with zero attached hydrogens (tertiary/aromatic N) is 1. The van der Waals surface area contributed by atoms with E-state index in [9.17, 15) is 0 Å². The van der Waals surface area contributed by atoms with Crippen molar-refractivity contribution in [3.8, 4) is 11.5 Å². The highest BCUT2D eigenvalue weighted by Gasteiger charge is 2.81. The molecule has 2 aromatic rings. The lowest BCUT2D eigenvalue weighted by Gasteiger charge is -2.75. The fourth-order valence-corrected chi connectivity index (χ4v) is 9.91. The van der Waals surface area contributed by atoms with E-state index in [4.69, 9.17) is 18.9 Å². The average Bonchev–Trinajstić information content (AvgIpc) is 3.31. The van der Waals surface area contributed by atoms with Gasteiger partial charge in [0.2, 0.25) is 0 Å². The van der Waals surface area contributed by atoms with Crippen LogP contribution in [0.25, 0.3) is 0 Å². The maximum atomic E-state index is 7.23. The van der Waals surface area contributed by atoms with Crippen molar-refractivity contribution in [2.24, 2.45) is 11.3 Å². The topological polar surface area (TPSA) is 40.2 Å². The summed E-state index contributed by atoms with van der Waals surface area (Å²) < 4.78 is 26.7. The molecule has 5 heteroatoms. The molecule has 37 heavy (non-hydrogen) atoms. The van der Waals surface area contributed by atoms with Gasteiger partial charge in [0, 0.05) is 34.9 Å². The van der Waals surface area contributed by atoms with Crippen molar-refractivity contribution < 1.29 is 18.9 Å². The lowest BCUT2D eigenvalue weighted by Crippen LogP contribution is -2.82. The van der Waals surface area contributed by atoms with Gasteiger partial charge in [0.25, 0.3) is 0 Å². The third-order valence-electron chi connectivity index (χ3n) is 11.2. The number of piperidine rings is 1. The minimum absolute atomic E-state index is 0.0191. The van der Waals surface area contributed by atoms with Crippen LogP contribution in [0.15, 0.2) is 55.1 Å². The largest absolute Gasteiger partial charge is 0.485 e. The smallest absolute Gasteiger partial charge is 0.166 e. The van der Waals surface area contributed by atoms with Crippen molar-refractivity contribution in [1.29, 1.82) is 0 Å². The van der Waals surface area contributed by atoms with Crippen LogP contribution in [-0.2, 0) is 27.9 Å². The van der Waals surface area contributed by atoms with E-state index in [1.807, 2.05) is 6.07 Å². The lowest BCUT2D eigenvalue weighted by atomic mass is 9.34. The van der Waals surface area contributed by atoms with Gasteiger partial charge >= 0.3 is 0 Å². The first-order valence-corrected chi connectivity index (χ1v) is 14.3. The molecule has 3 aliphatic heterocycles. The molecule has 194 valence electrons. The van der Waals surface area contributed by atoms with E-state index in [0.717, 1.165) is 56.7 Å². The summed E-state index contributed by atoms with van der Waals surface area (Å²) in [4.78, 5) is 2.72. The summed E-state index contributed by atoms with van der Waals surface area (Å²) in [5.41, 5.74) is 3.95. The van der Waals surface area contributed by atoms with Gasteiger partial charge < -0.3 is 18.9 Å². The molecule has 2 aromatic carbocycles. The number of likely N-dealkylation sites (tertiary alicyclic amines) is 1. The van der Waals surface area contributed by atoms with Crippen LogP contribution in [0.4, 0.5) is 0 Å². The standard InChI is InChI=1S/C32H37NO4/c1-3-15-33-16-14-31-27-22-10-11-25(34-19-21-8-6-5-7-9-21)28(27)37-29(31)32-13-12-30(31,26(33)17-22)18-23(32)24(4-2)35-20-36-32/h3,5-11,23-24,26,29H,1,4,12-20H2,2H3. The first-order chi connectivity index (χ1) is 18.2. The Labute approximate surface area is 219 Å². The molecule has 4 bridgehead atoms. The number of fused-ring (bicyclic) bond motifs is 1. The van der Waals surface area contributed by atoms with Gasteiger partial charge in [-0.2, -0.15) is 0 Å². The van der Waals surface area contributed by atoms with Crippen molar-refractivity contribution in [3.63, 3.8) is 0 Å². The molecule has 0 amide bonds. The third kappa shape index (κ3) is 2.66. The second kappa shape index (κ2) is 7.84. The zero-order valence-electron chi connectivity index (χ0n) is 21.8. The molecule has 0 aromatic heterocycles. The summed E-state index contributed by atoms with van der Waals surface area (Å²) in [6.45, 7) is 9.34. The van der Waals surface area contributed by atoms with Crippen molar-refractivity contribution in [3.05, 3.63) is 71.8 Å². The van der Waals surface area contributed by atoms with Crippen LogP contribution >= 0.6 is 0 Å². The monoisotopic (exact) mass is 499 g/mol. The molecular weight excluding hydrogens is 462 g/mol. The first kappa shape index (κ1) is 22.6. The van der Waals surface area contributed by atoms with Crippen LogP contribution in [-0.4, -0.2) is 48.6 Å². The Balaban J connectivity index is 1.30. The summed E-state index contributed by atoms with van der Waals surface area (Å²) in [5, 5.41) is 0.